The molecule has 1 atom stereocenters. The second kappa shape index (κ2) is 10.7. The summed E-state index contributed by atoms with van der Waals surface area (Å²) in [5, 5.41) is 9.04. The molecular formula is C22H29FN4O3. The molecule has 1 aromatic heterocycles. The largest absolute Gasteiger partial charge is 0.490 e. The molecule has 7 nitrogen and oxygen atoms in total. The number of rotatable bonds is 10. The van der Waals surface area contributed by atoms with Gasteiger partial charge in [-0.15, -0.1) is 0 Å². The van der Waals surface area contributed by atoms with Crippen LogP contribution in [-0.2, 0) is 11.3 Å². The first-order valence-electron chi connectivity index (χ1n) is 10.3. The Morgan fingerprint density at radius 3 is 2.83 bits per heavy atom. The lowest BCUT2D eigenvalue weighted by atomic mass is 10.1. The number of carbonyl (C=O) groups is 1. The van der Waals surface area contributed by atoms with Crippen LogP contribution in [-0.4, -0.2) is 31.6 Å². The second-order valence-electron chi connectivity index (χ2n) is 7.36. The minimum atomic E-state index is -0.374. The Kier molecular flexibility index (Phi) is 7.70. The number of nitrogens with zero attached hydrogens (tertiary/aromatic N) is 1. The van der Waals surface area contributed by atoms with Crippen LogP contribution in [0.4, 0.5) is 4.39 Å². The maximum Gasteiger partial charge on any atom is 0.242 e. The molecule has 8 heteroatoms. The van der Waals surface area contributed by atoms with Gasteiger partial charge in [0.1, 0.15) is 12.3 Å². The van der Waals surface area contributed by atoms with Crippen molar-refractivity contribution < 1.29 is 18.3 Å². The smallest absolute Gasteiger partial charge is 0.242 e. The number of amides is 1. The molecular weight excluding hydrogens is 387 g/mol. The summed E-state index contributed by atoms with van der Waals surface area (Å²) >= 11 is 0. The fourth-order valence-corrected chi connectivity index (χ4v) is 2.81. The number of carbonyl (C=O) groups excluding carboxylic acids is 1. The Hall–Kier alpha value is -3.03. The first kappa shape index (κ1) is 21.7. The van der Waals surface area contributed by atoms with Crippen LogP contribution < -0.4 is 20.7 Å². The SMILES string of the molecule is CCNC(=NCC(=O)NCc1ccco1)NC(C)c1ccc(OCC2CC2)c(F)c1. The van der Waals surface area contributed by atoms with E-state index in [1.807, 2.05) is 19.9 Å². The molecule has 1 aromatic carbocycles. The normalized spacial score (nSPS) is 14.8. The van der Waals surface area contributed by atoms with Crippen LogP contribution in [0, 0.1) is 11.7 Å². The highest BCUT2D eigenvalue weighted by Gasteiger charge is 2.22. The zero-order chi connectivity index (χ0) is 21.3. The maximum atomic E-state index is 14.4. The number of nitrogens with one attached hydrogen (secondary N) is 3. The first-order chi connectivity index (χ1) is 14.5. The van der Waals surface area contributed by atoms with Crippen LogP contribution in [0.3, 0.4) is 0 Å². The summed E-state index contributed by atoms with van der Waals surface area (Å²) in [6.45, 7) is 5.33. The lowest BCUT2D eigenvalue weighted by Gasteiger charge is -2.19. The third-order valence-corrected chi connectivity index (χ3v) is 4.75. The Morgan fingerprint density at radius 2 is 2.17 bits per heavy atom. The van der Waals surface area contributed by atoms with Crippen molar-refractivity contribution in [3.63, 3.8) is 0 Å². The standard InChI is InChI=1S/C22H29FN4O3/c1-3-24-22(26-13-21(28)25-12-18-5-4-10-29-18)27-15(2)17-8-9-20(19(23)11-17)30-14-16-6-7-16/h4-5,8-11,15-16H,3,6-7,12-14H2,1-2H3,(H,25,28)(H2,24,26,27). The summed E-state index contributed by atoms with van der Waals surface area (Å²) in [7, 11) is 0. The van der Waals surface area contributed by atoms with E-state index in [2.05, 4.69) is 20.9 Å². The summed E-state index contributed by atoms with van der Waals surface area (Å²) in [6, 6.07) is 8.32. The maximum absolute atomic E-state index is 14.4. The molecule has 30 heavy (non-hydrogen) atoms. The fourth-order valence-electron chi connectivity index (χ4n) is 2.81. The molecule has 2 aromatic rings. The van der Waals surface area contributed by atoms with E-state index in [1.165, 1.54) is 6.07 Å². The van der Waals surface area contributed by atoms with Gasteiger partial charge >= 0.3 is 0 Å². The Morgan fingerprint density at radius 1 is 1.33 bits per heavy atom. The lowest BCUT2D eigenvalue weighted by molar-refractivity contribution is -0.119. The molecule has 162 valence electrons. The van der Waals surface area contributed by atoms with Crippen LogP contribution in [0.5, 0.6) is 5.75 Å². The highest BCUT2D eigenvalue weighted by Crippen LogP contribution is 2.30. The number of aliphatic imine (C=N–C) groups is 1. The zero-order valence-corrected chi connectivity index (χ0v) is 17.4. The molecule has 0 spiro atoms. The minimum Gasteiger partial charge on any atom is -0.490 e. The van der Waals surface area contributed by atoms with Crippen LogP contribution in [0.15, 0.2) is 46.0 Å². The average Bonchev–Trinajstić information content (AvgIpc) is 3.42. The van der Waals surface area contributed by atoms with E-state index in [0.717, 1.165) is 18.4 Å². The Labute approximate surface area is 176 Å². The molecule has 1 saturated carbocycles. The number of furan rings is 1. The monoisotopic (exact) mass is 416 g/mol. The van der Waals surface area contributed by atoms with Crippen molar-refractivity contribution >= 4 is 11.9 Å². The van der Waals surface area contributed by atoms with E-state index in [4.69, 9.17) is 9.15 Å². The second-order valence-corrected chi connectivity index (χ2v) is 7.36. The van der Waals surface area contributed by atoms with Crippen molar-refractivity contribution in [3.05, 3.63) is 53.7 Å². The van der Waals surface area contributed by atoms with Gasteiger partial charge in [0.25, 0.3) is 0 Å². The van der Waals surface area contributed by atoms with Crippen molar-refractivity contribution in [1.82, 2.24) is 16.0 Å². The molecule has 1 aliphatic carbocycles. The molecule has 1 unspecified atom stereocenters. The van der Waals surface area contributed by atoms with E-state index in [1.54, 1.807) is 24.5 Å². The molecule has 3 N–H and O–H groups in total. The number of benzene rings is 1. The number of hydrogen-bond acceptors (Lipinski definition) is 4. The van der Waals surface area contributed by atoms with E-state index in [9.17, 15) is 9.18 Å². The minimum absolute atomic E-state index is 0.0366. The first-order valence-corrected chi connectivity index (χ1v) is 10.3. The van der Waals surface area contributed by atoms with Crippen LogP contribution >= 0.6 is 0 Å². The molecule has 0 radical (unpaired) electrons. The predicted molar refractivity (Wildman–Crippen MR) is 113 cm³/mol. The number of halogens is 1. The van der Waals surface area contributed by atoms with E-state index >= 15 is 0 Å². The third kappa shape index (κ3) is 6.79. The van der Waals surface area contributed by atoms with Gasteiger partial charge in [-0.25, -0.2) is 9.38 Å². The van der Waals surface area contributed by atoms with Gasteiger partial charge in [0.05, 0.1) is 25.5 Å². The zero-order valence-electron chi connectivity index (χ0n) is 17.4. The number of hydrogen-bond donors (Lipinski definition) is 3. The van der Waals surface area contributed by atoms with Gasteiger partial charge in [-0.3, -0.25) is 4.79 Å². The summed E-state index contributed by atoms with van der Waals surface area (Å²) in [6.07, 6.45) is 3.88. The van der Waals surface area contributed by atoms with E-state index < -0.39 is 0 Å². The summed E-state index contributed by atoms with van der Waals surface area (Å²) < 4.78 is 25.1. The molecule has 0 aliphatic heterocycles. The predicted octanol–water partition coefficient (Wildman–Crippen LogP) is 3.14. The Bertz CT molecular complexity index is 850. The van der Waals surface area contributed by atoms with Gasteiger partial charge in [0, 0.05) is 6.54 Å². The van der Waals surface area contributed by atoms with Crippen molar-refractivity contribution in [1.29, 1.82) is 0 Å². The van der Waals surface area contributed by atoms with Gasteiger partial charge in [0.2, 0.25) is 5.91 Å². The molecule has 1 amide bonds. The summed E-state index contributed by atoms with van der Waals surface area (Å²) in [5.74, 6) is 1.41. The van der Waals surface area contributed by atoms with Gasteiger partial charge < -0.3 is 25.1 Å². The van der Waals surface area contributed by atoms with Crippen molar-refractivity contribution in [2.45, 2.75) is 39.3 Å². The third-order valence-electron chi connectivity index (χ3n) is 4.75. The van der Waals surface area contributed by atoms with Crippen LogP contribution in [0.25, 0.3) is 0 Å². The highest BCUT2D eigenvalue weighted by molar-refractivity contribution is 5.85. The Balaban J connectivity index is 1.52. The highest BCUT2D eigenvalue weighted by atomic mass is 19.1. The van der Waals surface area contributed by atoms with Crippen LogP contribution in [0.2, 0.25) is 0 Å². The quantitative estimate of drug-likeness (QED) is 0.409. The summed E-state index contributed by atoms with van der Waals surface area (Å²) in [5.41, 5.74) is 0.763. The van der Waals surface area contributed by atoms with Crippen LogP contribution in [0.1, 0.15) is 44.1 Å². The fraction of sp³-hybridized carbons (Fsp3) is 0.455. The molecule has 1 fully saturated rings. The number of ether oxygens (including phenoxy) is 1. The van der Waals surface area contributed by atoms with E-state index in [0.29, 0.717) is 37.3 Å². The van der Waals surface area contributed by atoms with Gasteiger partial charge in [-0.05, 0) is 62.4 Å². The molecule has 0 saturated heterocycles. The van der Waals surface area contributed by atoms with Crippen molar-refractivity contribution in [2.75, 3.05) is 19.7 Å². The molecule has 1 aliphatic rings. The molecule has 1 heterocycles. The van der Waals surface area contributed by atoms with Gasteiger partial charge in [-0.1, -0.05) is 6.07 Å². The van der Waals surface area contributed by atoms with Crippen molar-refractivity contribution in [3.8, 4) is 5.75 Å². The average molecular weight is 416 g/mol. The summed E-state index contributed by atoms with van der Waals surface area (Å²) in [4.78, 5) is 16.3. The number of guanidine groups is 1. The topological polar surface area (TPSA) is 87.9 Å². The molecule has 0 bridgehead atoms. The lowest BCUT2D eigenvalue weighted by Crippen LogP contribution is -2.39. The van der Waals surface area contributed by atoms with Crippen molar-refractivity contribution in [2.24, 2.45) is 10.9 Å². The molecule has 3 rings (SSSR count). The van der Waals surface area contributed by atoms with Gasteiger partial charge in [-0.2, -0.15) is 0 Å². The van der Waals surface area contributed by atoms with E-state index in [-0.39, 0.29) is 30.1 Å². The van der Waals surface area contributed by atoms with Gasteiger partial charge in [0.15, 0.2) is 17.5 Å².